The molecule has 1 aromatic carbocycles. The molecule has 2 aliphatic rings. The highest BCUT2D eigenvalue weighted by Gasteiger charge is 2.29. The summed E-state index contributed by atoms with van der Waals surface area (Å²) < 4.78 is 32.3. The number of ether oxygens (including phenoxy) is 1. The van der Waals surface area contributed by atoms with E-state index in [0.717, 1.165) is 31.2 Å². The second-order valence-corrected chi connectivity index (χ2v) is 8.79. The molecule has 0 bridgehead atoms. The van der Waals surface area contributed by atoms with E-state index >= 15 is 0 Å². The lowest BCUT2D eigenvalue weighted by Crippen LogP contribution is -2.40. The first kappa shape index (κ1) is 18.4. The van der Waals surface area contributed by atoms with Crippen molar-refractivity contribution >= 4 is 15.9 Å². The van der Waals surface area contributed by atoms with E-state index in [-0.39, 0.29) is 16.8 Å². The van der Waals surface area contributed by atoms with Crippen molar-refractivity contribution in [3.63, 3.8) is 0 Å². The van der Waals surface area contributed by atoms with Crippen LogP contribution in [0, 0.1) is 6.92 Å². The maximum Gasteiger partial charge on any atom is 0.254 e. The Morgan fingerprint density at radius 1 is 1.20 bits per heavy atom. The Morgan fingerprint density at radius 2 is 1.84 bits per heavy atom. The minimum atomic E-state index is -3.60. The number of nitrogens with zero attached hydrogens (tertiary/aromatic N) is 2. The molecular weight excluding hydrogens is 340 g/mol. The number of hydrogen-bond acceptors (Lipinski definition) is 4. The summed E-state index contributed by atoms with van der Waals surface area (Å²) in [5.74, 6) is -0.0940. The van der Waals surface area contributed by atoms with Gasteiger partial charge in [0.15, 0.2) is 0 Å². The molecule has 1 aliphatic carbocycles. The number of carbonyl (C=O) groups is 1. The van der Waals surface area contributed by atoms with Gasteiger partial charge in [-0.05, 0) is 37.5 Å². The number of aryl methyl sites for hydroxylation is 1. The lowest BCUT2D eigenvalue weighted by molar-refractivity contribution is 0.0727. The zero-order chi connectivity index (χ0) is 18.0. The van der Waals surface area contributed by atoms with E-state index in [0.29, 0.717) is 31.9 Å². The van der Waals surface area contributed by atoms with Crippen LogP contribution in [0.2, 0.25) is 0 Å². The van der Waals surface area contributed by atoms with Gasteiger partial charge in [0.25, 0.3) is 5.91 Å². The summed E-state index contributed by atoms with van der Waals surface area (Å²) >= 11 is 0. The van der Waals surface area contributed by atoms with E-state index in [2.05, 4.69) is 0 Å². The van der Waals surface area contributed by atoms with Gasteiger partial charge >= 0.3 is 0 Å². The largest absolute Gasteiger partial charge is 0.379 e. The number of morpholine rings is 1. The Hall–Kier alpha value is -1.44. The highest BCUT2D eigenvalue weighted by molar-refractivity contribution is 7.89. The molecule has 0 aromatic heterocycles. The second-order valence-electron chi connectivity index (χ2n) is 6.85. The van der Waals surface area contributed by atoms with Gasteiger partial charge in [-0.15, -0.1) is 0 Å². The van der Waals surface area contributed by atoms with Crippen molar-refractivity contribution in [3.05, 3.63) is 29.3 Å². The second kappa shape index (κ2) is 7.43. The van der Waals surface area contributed by atoms with E-state index in [4.69, 9.17) is 4.74 Å². The smallest absolute Gasteiger partial charge is 0.254 e. The summed E-state index contributed by atoms with van der Waals surface area (Å²) in [6, 6.07) is 5.11. The SMILES string of the molecule is Cc1ccc(S(=O)(=O)N2CCOCC2)cc1C(=O)N(C)C1CCCC1. The van der Waals surface area contributed by atoms with Crippen LogP contribution in [-0.4, -0.2) is 62.9 Å². The summed E-state index contributed by atoms with van der Waals surface area (Å²) in [6.45, 7) is 3.35. The number of rotatable bonds is 4. The Kier molecular flexibility index (Phi) is 5.46. The van der Waals surface area contributed by atoms with E-state index in [1.165, 1.54) is 10.4 Å². The zero-order valence-electron chi connectivity index (χ0n) is 14.9. The normalized spacial score (nSPS) is 19.9. The van der Waals surface area contributed by atoms with Gasteiger partial charge in [-0.1, -0.05) is 18.9 Å². The highest BCUT2D eigenvalue weighted by atomic mass is 32.2. The third-order valence-corrected chi connectivity index (χ3v) is 7.13. The third-order valence-electron chi connectivity index (χ3n) is 5.24. The van der Waals surface area contributed by atoms with Crippen LogP contribution >= 0.6 is 0 Å². The molecule has 1 aromatic rings. The molecule has 0 atom stereocenters. The predicted molar refractivity (Wildman–Crippen MR) is 95.1 cm³/mol. The van der Waals surface area contributed by atoms with Crippen molar-refractivity contribution in [2.45, 2.75) is 43.5 Å². The average Bonchev–Trinajstić information content (AvgIpc) is 3.16. The van der Waals surface area contributed by atoms with Gasteiger partial charge < -0.3 is 9.64 Å². The number of amides is 1. The summed E-state index contributed by atoms with van der Waals surface area (Å²) in [5.41, 5.74) is 1.28. The first-order valence-corrected chi connectivity index (χ1v) is 10.3. The average molecular weight is 366 g/mol. The zero-order valence-corrected chi connectivity index (χ0v) is 15.7. The molecule has 6 nitrogen and oxygen atoms in total. The summed E-state index contributed by atoms with van der Waals surface area (Å²) in [7, 11) is -1.78. The van der Waals surface area contributed by atoms with Crippen molar-refractivity contribution in [2.75, 3.05) is 33.4 Å². The quantitative estimate of drug-likeness (QED) is 0.818. The molecule has 0 N–H and O–H groups in total. The lowest BCUT2D eigenvalue weighted by atomic mass is 10.1. The minimum Gasteiger partial charge on any atom is -0.379 e. The fraction of sp³-hybridized carbons (Fsp3) is 0.611. The van der Waals surface area contributed by atoms with Crippen LogP contribution in [-0.2, 0) is 14.8 Å². The Bertz CT molecular complexity index is 735. The molecule has 0 spiro atoms. The van der Waals surface area contributed by atoms with Gasteiger partial charge in [-0.2, -0.15) is 4.31 Å². The minimum absolute atomic E-state index is 0.0940. The van der Waals surface area contributed by atoms with Gasteiger partial charge in [0.1, 0.15) is 0 Å². The molecule has 25 heavy (non-hydrogen) atoms. The van der Waals surface area contributed by atoms with Crippen molar-refractivity contribution in [1.29, 1.82) is 0 Å². The monoisotopic (exact) mass is 366 g/mol. The molecule has 1 amide bonds. The van der Waals surface area contributed by atoms with Crippen molar-refractivity contribution < 1.29 is 17.9 Å². The van der Waals surface area contributed by atoms with Gasteiger partial charge in [-0.3, -0.25) is 4.79 Å². The van der Waals surface area contributed by atoms with Crippen LogP contribution in [0.5, 0.6) is 0 Å². The third kappa shape index (κ3) is 3.73. The molecular formula is C18H26N2O4S. The van der Waals surface area contributed by atoms with Crippen LogP contribution in [0.25, 0.3) is 0 Å². The highest BCUT2D eigenvalue weighted by Crippen LogP contribution is 2.26. The summed E-state index contributed by atoms with van der Waals surface area (Å²) in [6.07, 6.45) is 4.33. The predicted octanol–water partition coefficient (Wildman–Crippen LogP) is 2.03. The van der Waals surface area contributed by atoms with Crippen LogP contribution in [0.3, 0.4) is 0 Å². The standard InChI is InChI=1S/C18H26N2O4S/c1-14-7-8-16(25(22,23)20-9-11-24-12-10-20)13-17(14)18(21)19(2)15-5-3-4-6-15/h7-8,13,15H,3-6,9-12H2,1-2H3. The topological polar surface area (TPSA) is 66.9 Å². The molecule has 2 fully saturated rings. The van der Waals surface area contributed by atoms with E-state index in [1.54, 1.807) is 17.0 Å². The van der Waals surface area contributed by atoms with Crippen LogP contribution in [0.1, 0.15) is 41.6 Å². The Labute approximate surface area is 149 Å². The van der Waals surface area contributed by atoms with Crippen LogP contribution < -0.4 is 0 Å². The molecule has 1 saturated heterocycles. The maximum atomic E-state index is 12.9. The molecule has 1 saturated carbocycles. The molecule has 0 radical (unpaired) electrons. The fourth-order valence-electron chi connectivity index (χ4n) is 3.58. The molecule has 138 valence electrons. The fourth-order valence-corrected chi connectivity index (χ4v) is 5.01. The van der Waals surface area contributed by atoms with E-state index < -0.39 is 10.0 Å². The van der Waals surface area contributed by atoms with Crippen molar-refractivity contribution in [1.82, 2.24) is 9.21 Å². The molecule has 3 rings (SSSR count). The van der Waals surface area contributed by atoms with E-state index in [1.807, 2.05) is 14.0 Å². The molecule has 1 heterocycles. The number of carbonyl (C=O) groups excluding carboxylic acids is 1. The van der Waals surface area contributed by atoms with E-state index in [9.17, 15) is 13.2 Å². The number of sulfonamides is 1. The molecule has 0 unspecified atom stereocenters. The van der Waals surface area contributed by atoms with Crippen LogP contribution in [0.15, 0.2) is 23.1 Å². The first-order valence-electron chi connectivity index (χ1n) is 8.87. The Balaban J connectivity index is 1.88. The van der Waals surface area contributed by atoms with Gasteiger partial charge in [-0.25, -0.2) is 8.42 Å². The Morgan fingerprint density at radius 3 is 2.48 bits per heavy atom. The lowest BCUT2D eigenvalue weighted by Gasteiger charge is -2.27. The van der Waals surface area contributed by atoms with Crippen molar-refractivity contribution in [2.24, 2.45) is 0 Å². The van der Waals surface area contributed by atoms with Crippen LogP contribution in [0.4, 0.5) is 0 Å². The molecule has 1 aliphatic heterocycles. The summed E-state index contributed by atoms with van der Waals surface area (Å²) in [4.78, 5) is 14.9. The summed E-state index contributed by atoms with van der Waals surface area (Å²) in [5, 5.41) is 0. The van der Waals surface area contributed by atoms with Gasteiger partial charge in [0.2, 0.25) is 10.0 Å². The van der Waals surface area contributed by atoms with Gasteiger partial charge in [0.05, 0.1) is 18.1 Å². The molecule has 7 heteroatoms. The number of hydrogen-bond donors (Lipinski definition) is 0. The van der Waals surface area contributed by atoms with Gasteiger partial charge in [0, 0.05) is 31.7 Å². The maximum absolute atomic E-state index is 12.9. The first-order chi connectivity index (χ1) is 11.9. The van der Waals surface area contributed by atoms with Crippen molar-refractivity contribution in [3.8, 4) is 0 Å². The number of benzene rings is 1.